The van der Waals surface area contributed by atoms with E-state index in [-0.39, 0.29) is 24.5 Å². The molecular formula is C23H21F4N3O2. The van der Waals surface area contributed by atoms with Crippen LogP contribution in [0.1, 0.15) is 34.6 Å². The number of aryl methyl sites for hydroxylation is 1. The van der Waals surface area contributed by atoms with Crippen LogP contribution in [0, 0.1) is 17.5 Å². The van der Waals surface area contributed by atoms with E-state index in [1.165, 1.54) is 39.9 Å². The van der Waals surface area contributed by atoms with Gasteiger partial charge in [-0.3, -0.25) is 9.48 Å². The van der Waals surface area contributed by atoms with Crippen molar-refractivity contribution in [2.75, 3.05) is 19.8 Å². The first-order chi connectivity index (χ1) is 15.3. The van der Waals surface area contributed by atoms with Crippen molar-refractivity contribution in [3.63, 3.8) is 0 Å². The van der Waals surface area contributed by atoms with Crippen LogP contribution < -0.4 is 4.74 Å². The number of carbonyl (C=O) groups is 1. The van der Waals surface area contributed by atoms with E-state index in [4.69, 9.17) is 4.74 Å². The smallest absolute Gasteiger partial charge is 0.257 e. The molecule has 1 amide bonds. The Labute approximate surface area is 182 Å². The summed E-state index contributed by atoms with van der Waals surface area (Å²) >= 11 is 0. The van der Waals surface area contributed by atoms with Crippen LogP contribution in [0.25, 0.3) is 11.3 Å². The number of ether oxygens (including phenoxy) is 1. The van der Waals surface area contributed by atoms with Gasteiger partial charge in [0.2, 0.25) is 0 Å². The standard InChI is InChI=1S/C23H21F4N3O2/c1-13-21-18(22(29(2)28-21)14-10-15(25)12-16(26)11-14)6-8-30(13)23(31)17-4-3-5-19(20(17)27)32-9-7-24/h3-5,10-13H,6-9H2,1-2H3. The molecule has 1 atom stereocenters. The lowest BCUT2D eigenvalue weighted by Crippen LogP contribution is -2.39. The molecule has 0 radical (unpaired) electrons. The summed E-state index contributed by atoms with van der Waals surface area (Å²) in [6, 6.07) is 6.93. The zero-order valence-corrected chi connectivity index (χ0v) is 17.5. The fraction of sp³-hybridized carbons (Fsp3) is 0.304. The molecule has 9 heteroatoms. The third-order valence-corrected chi connectivity index (χ3v) is 5.57. The van der Waals surface area contributed by atoms with E-state index in [1.54, 1.807) is 14.0 Å². The quantitative estimate of drug-likeness (QED) is 0.537. The van der Waals surface area contributed by atoms with Gasteiger partial charge in [-0.15, -0.1) is 0 Å². The van der Waals surface area contributed by atoms with Crippen molar-refractivity contribution in [3.8, 4) is 17.0 Å². The van der Waals surface area contributed by atoms with Crippen LogP contribution in [0.3, 0.4) is 0 Å². The van der Waals surface area contributed by atoms with Crippen LogP contribution in [-0.4, -0.2) is 40.4 Å². The number of amides is 1. The fourth-order valence-electron chi connectivity index (χ4n) is 4.16. The summed E-state index contributed by atoms with van der Waals surface area (Å²) in [5, 5.41) is 4.49. The minimum Gasteiger partial charge on any atom is -0.488 e. The molecule has 32 heavy (non-hydrogen) atoms. The monoisotopic (exact) mass is 447 g/mol. The molecule has 0 bridgehead atoms. The third kappa shape index (κ3) is 3.83. The molecule has 2 heterocycles. The van der Waals surface area contributed by atoms with Crippen molar-refractivity contribution in [2.24, 2.45) is 7.05 Å². The van der Waals surface area contributed by atoms with Crippen LogP contribution in [0.5, 0.6) is 5.75 Å². The topological polar surface area (TPSA) is 47.4 Å². The molecule has 168 valence electrons. The van der Waals surface area contributed by atoms with E-state index in [0.29, 0.717) is 23.4 Å². The number of hydrogen-bond donors (Lipinski definition) is 0. The van der Waals surface area contributed by atoms with E-state index >= 15 is 0 Å². The average molecular weight is 447 g/mol. The number of aromatic nitrogens is 2. The largest absolute Gasteiger partial charge is 0.488 e. The van der Waals surface area contributed by atoms with Gasteiger partial charge in [0, 0.05) is 30.8 Å². The molecule has 5 nitrogen and oxygen atoms in total. The molecule has 0 saturated heterocycles. The van der Waals surface area contributed by atoms with Crippen LogP contribution in [0.15, 0.2) is 36.4 Å². The number of carbonyl (C=O) groups excluding carboxylic acids is 1. The van der Waals surface area contributed by atoms with Gasteiger partial charge in [-0.25, -0.2) is 17.6 Å². The van der Waals surface area contributed by atoms with Gasteiger partial charge < -0.3 is 9.64 Å². The van der Waals surface area contributed by atoms with E-state index in [1.807, 2.05) is 0 Å². The molecular weight excluding hydrogens is 426 g/mol. The van der Waals surface area contributed by atoms with E-state index in [0.717, 1.165) is 11.6 Å². The maximum absolute atomic E-state index is 14.8. The number of benzene rings is 2. The van der Waals surface area contributed by atoms with Gasteiger partial charge in [0.25, 0.3) is 5.91 Å². The van der Waals surface area contributed by atoms with Gasteiger partial charge in [-0.2, -0.15) is 5.10 Å². The average Bonchev–Trinajstić information content (AvgIpc) is 3.09. The van der Waals surface area contributed by atoms with Crippen LogP contribution in [0.4, 0.5) is 17.6 Å². The Balaban J connectivity index is 1.67. The zero-order chi connectivity index (χ0) is 23.0. The molecule has 0 N–H and O–H groups in total. The Hall–Kier alpha value is -3.36. The summed E-state index contributed by atoms with van der Waals surface area (Å²) in [6.07, 6.45) is 0.381. The van der Waals surface area contributed by atoms with E-state index < -0.39 is 36.1 Å². The van der Waals surface area contributed by atoms with Crippen molar-refractivity contribution in [2.45, 2.75) is 19.4 Å². The lowest BCUT2D eigenvalue weighted by Gasteiger charge is -2.33. The second-order valence-electron chi connectivity index (χ2n) is 7.57. The Morgan fingerprint density at radius 3 is 2.59 bits per heavy atom. The SMILES string of the molecule is CC1c2nn(C)c(-c3cc(F)cc(F)c3)c2CCN1C(=O)c1cccc(OCCF)c1F. The number of fused-ring (bicyclic) bond motifs is 1. The highest BCUT2D eigenvalue weighted by molar-refractivity contribution is 5.95. The first kappa shape index (κ1) is 21.9. The zero-order valence-electron chi connectivity index (χ0n) is 17.5. The molecule has 0 spiro atoms. The van der Waals surface area contributed by atoms with E-state index in [2.05, 4.69) is 5.10 Å². The highest BCUT2D eigenvalue weighted by atomic mass is 19.1. The first-order valence-corrected chi connectivity index (χ1v) is 10.1. The molecule has 0 saturated carbocycles. The molecule has 1 aromatic heterocycles. The summed E-state index contributed by atoms with van der Waals surface area (Å²) in [7, 11) is 1.67. The fourth-order valence-corrected chi connectivity index (χ4v) is 4.16. The van der Waals surface area contributed by atoms with Gasteiger partial charge in [-0.05, 0) is 37.6 Å². The second-order valence-corrected chi connectivity index (χ2v) is 7.57. The summed E-state index contributed by atoms with van der Waals surface area (Å²) in [6.45, 7) is 0.939. The normalized spacial score (nSPS) is 15.6. The molecule has 0 fully saturated rings. The van der Waals surface area contributed by atoms with Gasteiger partial charge in [0.1, 0.15) is 24.9 Å². The lowest BCUT2D eigenvalue weighted by atomic mass is 9.95. The molecule has 3 aromatic rings. The van der Waals surface area contributed by atoms with Gasteiger partial charge >= 0.3 is 0 Å². The maximum atomic E-state index is 14.8. The Bertz CT molecular complexity index is 1160. The Kier molecular flexibility index (Phi) is 5.90. The molecule has 0 aliphatic carbocycles. The highest BCUT2D eigenvalue weighted by Crippen LogP contribution is 2.37. The van der Waals surface area contributed by atoms with Gasteiger partial charge in [-0.1, -0.05) is 6.07 Å². The maximum Gasteiger partial charge on any atom is 0.257 e. The summed E-state index contributed by atoms with van der Waals surface area (Å²) in [4.78, 5) is 14.6. The minimum absolute atomic E-state index is 0.181. The van der Waals surface area contributed by atoms with Crippen molar-refractivity contribution in [1.82, 2.24) is 14.7 Å². The number of nitrogens with zero attached hydrogens (tertiary/aromatic N) is 3. The molecule has 1 aliphatic rings. The van der Waals surface area contributed by atoms with Crippen molar-refractivity contribution in [3.05, 3.63) is 70.7 Å². The third-order valence-electron chi connectivity index (χ3n) is 5.57. The first-order valence-electron chi connectivity index (χ1n) is 10.1. The van der Waals surface area contributed by atoms with Crippen molar-refractivity contribution in [1.29, 1.82) is 0 Å². The van der Waals surface area contributed by atoms with Crippen molar-refractivity contribution < 1.29 is 27.1 Å². The second kappa shape index (κ2) is 8.64. The highest BCUT2D eigenvalue weighted by Gasteiger charge is 2.34. The van der Waals surface area contributed by atoms with Gasteiger partial charge in [0.15, 0.2) is 11.6 Å². The number of alkyl halides is 1. The predicted octanol–water partition coefficient (Wildman–Crippen LogP) is 4.61. The van der Waals surface area contributed by atoms with Crippen molar-refractivity contribution >= 4 is 5.91 Å². The number of halogens is 4. The molecule has 1 unspecified atom stereocenters. The van der Waals surface area contributed by atoms with E-state index in [9.17, 15) is 22.4 Å². The molecule has 1 aliphatic heterocycles. The Morgan fingerprint density at radius 2 is 1.91 bits per heavy atom. The summed E-state index contributed by atoms with van der Waals surface area (Å²) < 4.78 is 61.3. The Morgan fingerprint density at radius 1 is 1.19 bits per heavy atom. The minimum atomic E-state index is -0.846. The van der Waals surface area contributed by atoms with Gasteiger partial charge in [0.05, 0.1) is 23.0 Å². The number of rotatable bonds is 5. The molecule has 4 rings (SSSR count). The van der Waals surface area contributed by atoms with Crippen LogP contribution >= 0.6 is 0 Å². The van der Waals surface area contributed by atoms with Crippen LogP contribution in [-0.2, 0) is 13.5 Å². The van der Waals surface area contributed by atoms with Crippen LogP contribution in [0.2, 0.25) is 0 Å². The molecule has 2 aromatic carbocycles. The summed E-state index contributed by atoms with van der Waals surface area (Å²) in [5.41, 5.74) is 2.12. The predicted molar refractivity (Wildman–Crippen MR) is 110 cm³/mol. The lowest BCUT2D eigenvalue weighted by molar-refractivity contribution is 0.0667. The number of hydrogen-bond acceptors (Lipinski definition) is 3. The summed E-state index contributed by atoms with van der Waals surface area (Å²) in [5.74, 6) is -2.97.